The average molecular weight is 448 g/mol. The monoisotopic (exact) mass is 447 g/mol. The number of nitrogens with two attached hydrogens (primary N) is 1. The summed E-state index contributed by atoms with van der Waals surface area (Å²) in [6.45, 7) is 0.873. The lowest BCUT2D eigenvalue weighted by Crippen LogP contribution is -2.55. The minimum atomic E-state index is -0.351. The summed E-state index contributed by atoms with van der Waals surface area (Å²) in [6, 6.07) is 0.689. The Labute approximate surface area is 187 Å². The lowest BCUT2D eigenvalue weighted by molar-refractivity contribution is -0.0495. The highest BCUT2D eigenvalue weighted by Crippen LogP contribution is 2.36. The van der Waals surface area contributed by atoms with Crippen LogP contribution in [0, 0.1) is 17.8 Å². The van der Waals surface area contributed by atoms with E-state index in [1.807, 2.05) is 0 Å². The lowest BCUT2D eigenvalue weighted by atomic mass is 9.72. The molecule has 0 bridgehead atoms. The zero-order chi connectivity index (χ0) is 20.8. The molecule has 170 valence electrons. The van der Waals surface area contributed by atoms with Gasteiger partial charge in [0.1, 0.15) is 5.50 Å². The quantitative estimate of drug-likeness (QED) is 0.224. The van der Waals surface area contributed by atoms with Gasteiger partial charge in [-0.1, -0.05) is 12.8 Å². The minimum absolute atomic E-state index is 0.00507. The van der Waals surface area contributed by atoms with Crippen molar-refractivity contribution in [2.24, 2.45) is 23.5 Å². The van der Waals surface area contributed by atoms with E-state index in [0.717, 1.165) is 38.6 Å². The van der Waals surface area contributed by atoms with E-state index >= 15 is 0 Å². The van der Waals surface area contributed by atoms with Crippen molar-refractivity contribution in [2.45, 2.75) is 106 Å². The van der Waals surface area contributed by atoms with Crippen LogP contribution >= 0.6 is 24.2 Å². The number of nitrogens with one attached hydrogen (secondary N) is 2. The summed E-state index contributed by atoms with van der Waals surface area (Å²) in [4.78, 5) is 0. The molecular weight excluding hydrogens is 406 g/mol. The maximum atomic E-state index is 10.2. The Bertz CT molecular complexity index is 481. The van der Waals surface area contributed by atoms with Gasteiger partial charge in [-0.05, 0) is 75.5 Å². The Balaban J connectivity index is 1.44. The average Bonchev–Trinajstić information content (AvgIpc) is 2.73. The number of methoxy groups -OCH3 is 1. The first-order valence-electron chi connectivity index (χ1n) is 11.8. The van der Waals surface area contributed by atoms with Gasteiger partial charge in [-0.25, -0.2) is 0 Å². The Morgan fingerprint density at radius 3 is 2.52 bits per heavy atom. The molecule has 0 radical (unpaired) electrons. The van der Waals surface area contributed by atoms with Gasteiger partial charge in [-0.3, -0.25) is 10.6 Å². The van der Waals surface area contributed by atoms with Crippen molar-refractivity contribution in [1.82, 2.24) is 10.6 Å². The Kier molecular flexibility index (Phi) is 9.88. The van der Waals surface area contributed by atoms with Gasteiger partial charge in [0.2, 0.25) is 0 Å². The third kappa shape index (κ3) is 6.96. The second-order valence-corrected chi connectivity index (χ2v) is 10.8. The summed E-state index contributed by atoms with van der Waals surface area (Å²) < 4.78 is 5.35. The number of thiol groups is 1. The molecule has 3 saturated carbocycles. The number of aliphatic hydroxyl groups is 1. The fraction of sp³-hybridized carbons (Fsp3) is 1.00. The Morgan fingerprint density at radius 1 is 1.10 bits per heavy atom. The zero-order valence-electron chi connectivity index (χ0n) is 17.9. The molecule has 3 aliphatic carbocycles. The number of hydrogen-bond acceptors (Lipinski definition) is 6. The Hall–Kier alpha value is 0.440. The molecule has 3 aliphatic rings. The number of alkyl halides is 1. The highest BCUT2D eigenvalue weighted by Gasteiger charge is 2.36. The Morgan fingerprint density at radius 2 is 1.83 bits per heavy atom. The molecule has 0 aromatic heterocycles. The molecule has 5 N–H and O–H groups in total. The van der Waals surface area contributed by atoms with Gasteiger partial charge in [0.05, 0.1) is 12.2 Å². The standard InChI is InChI=1S/C22H42ClN3O2S/c1-28-20-11-6-14(12-19(20)27)13-25-22(29)26-18-5-3-2-4-17(18)21(24)15-7-9-16(23)10-8-15/h14-22,25-27,29H,2-13,24H2,1H3. The number of aliphatic hydroxyl groups excluding tert-OH is 1. The van der Waals surface area contributed by atoms with Crippen molar-refractivity contribution in [3.63, 3.8) is 0 Å². The van der Waals surface area contributed by atoms with Gasteiger partial charge in [-0.15, -0.1) is 24.2 Å². The van der Waals surface area contributed by atoms with Crippen LogP contribution < -0.4 is 16.4 Å². The van der Waals surface area contributed by atoms with E-state index in [1.165, 1.54) is 38.5 Å². The fourth-order valence-electron chi connectivity index (χ4n) is 5.84. The van der Waals surface area contributed by atoms with Gasteiger partial charge >= 0.3 is 0 Å². The number of hydrogen-bond donors (Lipinski definition) is 5. The van der Waals surface area contributed by atoms with Crippen LogP contribution in [0.5, 0.6) is 0 Å². The molecule has 5 nitrogen and oxygen atoms in total. The molecule has 0 aromatic carbocycles. The summed E-state index contributed by atoms with van der Waals surface area (Å²) in [5.74, 6) is 1.61. The molecule has 0 aromatic rings. The maximum absolute atomic E-state index is 10.2. The second kappa shape index (κ2) is 11.9. The molecule has 0 saturated heterocycles. The molecule has 29 heavy (non-hydrogen) atoms. The summed E-state index contributed by atoms with van der Waals surface area (Å²) >= 11 is 11.1. The highest BCUT2D eigenvalue weighted by molar-refractivity contribution is 7.80. The van der Waals surface area contributed by atoms with Crippen molar-refractivity contribution in [2.75, 3.05) is 13.7 Å². The highest BCUT2D eigenvalue weighted by atomic mass is 35.5. The predicted octanol–water partition coefficient (Wildman–Crippen LogP) is 3.24. The van der Waals surface area contributed by atoms with E-state index in [1.54, 1.807) is 7.11 Å². The van der Waals surface area contributed by atoms with Crippen molar-refractivity contribution in [3.05, 3.63) is 0 Å². The number of halogens is 1. The molecule has 0 spiro atoms. The van der Waals surface area contributed by atoms with Gasteiger partial charge < -0.3 is 15.6 Å². The first kappa shape index (κ1) is 24.1. The lowest BCUT2D eigenvalue weighted by Gasteiger charge is -2.42. The van der Waals surface area contributed by atoms with Gasteiger partial charge in [0.15, 0.2) is 0 Å². The third-order valence-corrected chi connectivity index (χ3v) is 8.47. The fourth-order valence-corrected chi connectivity index (χ4v) is 6.39. The van der Waals surface area contributed by atoms with E-state index in [9.17, 15) is 5.11 Å². The SMILES string of the molecule is COC1CCC(CNC(S)NC2CCCCC2C(N)C2CCC(Cl)CC2)CC1O. The summed E-state index contributed by atoms with van der Waals surface area (Å²) in [5.41, 5.74) is 6.76. The van der Waals surface area contributed by atoms with Crippen LogP contribution in [0.15, 0.2) is 0 Å². The van der Waals surface area contributed by atoms with Crippen LogP contribution in [-0.2, 0) is 4.74 Å². The van der Waals surface area contributed by atoms with Crippen LogP contribution in [0.2, 0.25) is 0 Å². The van der Waals surface area contributed by atoms with Crippen LogP contribution in [-0.4, -0.2) is 53.9 Å². The maximum Gasteiger partial charge on any atom is 0.103 e. The smallest absolute Gasteiger partial charge is 0.103 e. The molecule has 0 aliphatic heterocycles. The number of rotatable bonds is 8. The molecule has 7 heteroatoms. The third-order valence-electron chi connectivity index (χ3n) is 7.70. The van der Waals surface area contributed by atoms with Crippen LogP contribution in [0.25, 0.3) is 0 Å². The largest absolute Gasteiger partial charge is 0.390 e. The second-order valence-electron chi connectivity index (χ2n) is 9.64. The first-order valence-corrected chi connectivity index (χ1v) is 12.7. The molecular formula is C22H42ClN3O2S. The molecule has 7 atom stereocenters. The molecule has 0 heterocycles. The van der Waals surface area contributed by atoms with E-state index in [-0.39, 0.29) is 23.7 Å². The van der Waals surface area contributed by atoms with Gasteiger partial charge in [-0.2, -0.15) is 0 Å². The van der Waals surface area contributed by atoms with E-state index < -0.39 is 0 Å². The predicted molar refractivity (Wildman–Crippen MR) is 123 cm³/mol. The van der Waals surface area contributed by atoms with Gasteiger partial charge in [0, 0.05) is 31.1 Å². The van der Waals surface area contributed by atoms with E-state index in [0.29, 0.717) is 29.2 Å². The minimum Gasteiger partial charge on any atom is -0.390 e. The molecule has 3 fully saturated rings. The number of ether oxygens (including phenoxy) is 1. The molecule has 3 rings (SSSR count). The molecule has 0 amide bonds. The van der Waals surface area contributed by atoms with Gasteiger partial charge in [0.25, 0.3) is 0 Å². The summed E-state index contributed by atoms with van der Waals surface area (Å²) in [7, 11) is 1.69. The van der Waals surface area contributed by atoms with Crippen molar-refractivity contribution in [3.8, 4) is 0 Å². The van der Waals surface area contributed by atoms with Crippen molar-refractivity contribution < 1.29 is 9.84 Å². The van der Waals surface area contributed by atoms with Crippen LogP contribution in [0.1, 0.15) is 70.6 Å². The normalized spacial score (nSPS) is 41.1. The van der Waals surface area contributed by atoms with E-state index in [4.69, 9.17) is 34.7 Å². The topological polar surface area (TPSA) is 79.5 Å². The van der Waals surface area contributed by atoms with Crippen molar-refractivity contribution >= 4 is 24.2 Å². The molecule has 7 unspecified atom stereocenters. The van der Waals surface area contributed by atoms with Crippen LogP contribution in [0.4, 0.5) is 0 Å². The first-order chi connectivity index (χ1) is 14.0. The van der Waals surface area contributed by atoms with Crippen LogP contribution in [0.3, 0.4) is 0 Å². The zero-order valence-corrected chi connectivity index (χ0v) is 19.6. The van der Waals surface area contributed by atoms with Crippen molar-refractivity contribution in [1.29, 1.82) is 0 Å². The summed E-state index contributed by atoms with van der Waals surface area (Å²) in [6.07, 6.45) is 12.0. The summed E-state index contributed by atoms with van der Waals surface area (Å²) in [5, 5.41) is 17.8. The van der Waals surface area contributed by atoms with E-state index in [2.05, 4.69) is 10.6 Å².